The van der Waals surface area contributed by atoms with E-state index in [1.807, 2.05) is 36.4 Å². The normalized spacial score (nSPS) is 28.7. The van der Waals surface area contributed by atoms with E-state index in [9.17, 15) is 4.79 Å². The van der Waals surface area contributed by atoms with Crippen LogP contribution in [-0.4, -0.2) is 61.6 Å². The standard InChI is InChI=1S/C29H40N2O3/c1-24-20-29(25-14-8-6-9-15-25,34-27(32)21-33-26-16-10-7-11-17-26)28(2,22-30(24)3)23-31-18-12-4-5-13-19-31/h6-11,14-17,24H,4-5,12-13,18-23H2,1-3H3. The lowest BCUT2D eigenvalue weighted by molar-refractivity contribution is -0.203. The van der Waals surface area contributed by atoms with Crippen LogP contribution in [0.5, 0.6) is 5.75 Å². The van der Waals surface area contributed by atoms with Gasteiger partial charge >= 0.3 is 5.97 Å². The van der Waals surface area contributed by atoms with E-state index in [4.69, 9.17) is 9.47 Å². The average Bonchev–Trinajstić information content (AvgIpc) is 3.11. The van der Waals surface area contributed by atoms with Gasteiger partial charge in [-0.3, -0.25) is 0 Å². The van der Waals surface area contributed by atoms with Crippen molar-refractivity contribution in [2.24, 2.45) is 5.41 Å². The molecule has 4 rings (SSSR count). The molecule has 2 aliphatic heterocycles. The van der Waals surface area contributed by atoms with Crippen LogP contribution in [0.15, 0.2) is 60.7 Å². The van der Waals surface area contributed by atoms with E-state index >= 15 is 0 Å². The minimum absolute atomic E-state index is 0.0946. The van der Waals surface area contributed by atoms with Crippen molar-refractivity contribution in [3.8, 4) is 5.75 Å². The van der Waals surface area contributed by atoms with Crippen molar-refractivity contribution in [1.29, 1.82) is 0 Å². The van der Waals surface area contributed by atoms with Crippen LogP contribution in [0.3, 0.4) is 0 Å². The first-order valence-electron chi connectivity index (χ1n) is 12.8. The first-order valence-corrected chi connectivity index (χ1v) is 12.8. The topological polar surface area (TPSA) is 42.0 Å². The molecule has 2 fully saturated rings. The molecule has 3 unspecified atom stereocenters. The lowest BCUT2D eigenvalue weighted by atomic mass is 9.63. The molecule has 0 aliphatic carbocycles. The number of rotatable bonds is 7. The zero-order valence-electron chi connectivity index (χ0n) is 21.0. The highest BCUT2D eigenvalue weighted by atomic mass is 16.6. The molecule has 3 atom stereocenters. The summed E-state index contributed by atoms with van der Waals surface area (Å²) in [5.74, 6) is 0.365. The van der Waals surface area contributed by atoms with Gasteiger partial charge in [0.2, 0.25) is 0 Å². The molecule has 0 radical (unpaired) electrons. The summed E-state index contributed by atoms with van der Waals surface area (Å²) in [6, 6.07) is 20.2. The van der Waals surface area contributed by atoms with Crippen molar-refractivity contribution in [3.63, 3.8) is 0 Å². The number of ether oxygens (including phenoxy) is 2. The number of nitrogens with zero attached hydrogens (tertiary/aromatic N) is 2. The van der Waals surface area contributed by atoms with Crippen molar-refractivity contribution in [1.82, 2.24) is 9.80 Å². The molecule has 34 heavy (non-hydrogen) atoms. The zero-order valence-corrected chi connectivity index (χ0v) is 21.0. The maximum absolute atomic E-state index is 13.3. The van der Waals surface area contributed by atoms with Crippen molar-refractivity contribution < 1.29 is 14.3 Å². The summed E-state index contributed by atoms with van der Waals surface area (Å²) in [6.45, 7) is 8.46. The molecule has 2 aromatic rings. The molecule has 5 nitrogen and oxygen atoms in total. The van der Waals surface area contributed by atoms with Crippen molar-refractivity contribution in [3.05, 3.63) is 66.2 Å². The number of hydrogen-bond donors (Lipinski definition) is 0. The molecule has 2 saturated heterocycles. The first kappa shape index (κ1) is 24.7. The molecule has 0 aromatic heterocycles. The van der Waals surface area contributed by atoms with Gasteiger partial charge in [-0.05, 0) is 57.6 Å². The summed E-state index contributed by atoms with van der Waals surface area (Å²) in [7, 11) is 2.20. The third-order valence-electron chi connectivity index (χ3n) is 7.81. The van der Waals surface area contributed by atoms with Gasteiger partial charge in [0.05, 0.1) is 0 Å². The van der Waals surface area contributed by atoms with Gasteiger partial charge in [0.25, 0.3) is 0 Å². The third-order valence-corrected chi connectivity index (χ3v) is 7.81. The lowest BCUT2D eigenvalue weighted by Crippen LogP contribution is -2.64. The lowest BCUT2D eigenvalue weighted by Gasteiger charge is -2.57. The summed E-state index contributed by atoms with van der Waals surface area (Å²) >= 11 is 0. The largest absolute Gasteiger partial charge is 0.482 e. The van der Waals surface area contributed by atoms with E-state index in [-0.39, 0.29) is 18.0 Å². The predicted molar refractivity (Wildman–Crippen MR) is 136 cm³/mol. The highest BCUT2D eigenvalue weighted by Crippen LogP contribution is 2.51. The fourth-order valence-corrected chi connectivity index (χ4v) is 5.90. The minimum atomic E-state index is -0.719. The molecule has 2 heterocycles. The molecule has 2 aliphatic rings. The fraction of sp³-hybridized carbons (Fsp3) is 0.552. The van der Waals surface area contributed by atoms with Crippen LogP contribution < -0.4 is 4.74 Å². The van der Waals surface area contributed by atoms with Crippen LogP contribution in [0.2, 0.25) is 0 Å². The number of para-hydroxylation sites is 1. The Morgan fingerprint density at radius 2 is 1.59 bits per heavy atom. The van der Waals surface area contributed by atoms with Crippen LogP contribution in [0.25, 0.3) is 0 Å². The van der Waals surface area contributed by atoms with Gasteiger partial charge in [0.15, 0.2) is 6.61 Å². The Kier molecular flexibility index (Phi) is 7.95. The summed E-state index contributed by atoms with van der Waals surface area (Å²) in [6.07, 6.45) is 5.85. The van der Waals surface area contributed by atoms with E-state index < -0.39 is 5.60 Å². The molecule has 0 saturated carbocycles. The van der Waals surface area contributed by atoms with Crippen LogP contribution in [0, 0.1) is 5.41 Å². The Balaban J connectivity index is 1.65. The summed E-state index contributed by atoms with van der Waals surface area (Å²) < 4.78 is 12.4. The smallest absolute Gasteiger partial charge is 0.345 e. The van der Waals surface area contributed by atoms with Gasteiger partial charge in [-0.1, -0.05) is 68.3 Å². The van der Waals surface area contributed by atoms with E-state index in [1.165, 1.54) is 25.7 Å². The molecule has 5 heteroatoms. The average molecular weight is 465 g/mol. The highest BCUT2D eigenvalue weighted by molar-refractivity contribution is 5.72. The maximum Gasteiger partial charge on any atom is 0.345 e. The monoisotopic (exact) mass is 464 g/mol. The number of hydrogen-bond acceptors (Lipinski definition) is 5. The first-order chi connectivity index (χ1) is 16.4. The van der Waals surface area contributed by atoms with Gasteiger partial charge in [0.1, 0.15) is 11.4 Å². The number of benzene rings is 2. The van der Waals surface area contributed by atoms with E-state index in [0.717, 1.165) is 38.2 Å². The number of esters is 1. The predicted octanol–water partition coefficient (Wildman–Crippen LogP) is 5.11. The van der Waals surface area contributed by atoms with Gasteiger partial charge < -0.3 is 19.3 Å². The Morgan fingerprint density at radius 3 is 2.24 bits per heavy atom. The van der Waals surface area contributed by atoms with Crippen molar-refractivity contribution >= 4 is 5.97 Å². The minimum Gasteiger partial charge on any atom is -0.482 e. The molecule has 0 spiro atoms. The maximum atomic E-state index is 13.3. The Labute approximate surface area is 205 Å². The zero-order chi connectivity index (χ0) is 24.0. The molecule has 0 N–H and O–H groups in total. The molecule has 2 aromatic carbocycles. The second-order valence-electron chi connectivity index (χ2n) is 10.5. The second-order valence-corrected chi connectivity index (χ2v) is 10.5. The van der Waals surface area contributed by atoms with E-state index in [1.54, 1.807) is 0 Å². The number of likely N-dealkylation sites (tertiary alicyclic amines) is 2. The summed E-state index contributed by atoms with van der Waals surface area (Å²) in [5.41, 5.74) is 0.103. The van der Waals surface area contributed by atoms with Crippen LogP contribution in [-0.2, 0) is 15.1 Å². The van der Waals surface area contributed by atoms with Gasteiger partial charge in [-0.15, -0.1) is 0 Å². The molecule has 0 amide bonds. The fourth-order valence-electron chi connectivity index (χ4n) is 5.90. The van der Waals surface area contributed by atoms with Crippen LogP contribution >= 0.6 is 0 Å². The quantitative estimate of drug-likeness (QED) is 0.533. The SMILES string of the molecule is CC1CC(OC(=O)COc2ccccc2)(c2ccccc2)C(C)(CN2CCCCCC2)CN1C. The number of carbonyl (C=O) groups is 1. The van der Waals surface area contributed by atoms with E-state index in [2.05, 4.69) is 55.0 Å². The molecule has 184 valence electrons. The molecular weight excluding hydrogens is 424 g/mol. The van der Waals surface area contributed by atoms with Gasteiger partial charge in [-0.2, -0.15) is 0 Å². The van der Waals surface area contributed by atoms with Crippen molar-refractivity contribution in [2.45, 2.75) is 57.6 Å². The highest BCUT2D eigenvalue weighted by Gasteiger charge is 2.57. The summed E-state index contributed by atoms with van der Waals surface area (Å²) in [4.78, 5) is 18.3. The van der Waals surface area contributed by atoms with Crippen LogP contribution in [0.4, 0.5) is 0 Å². The summed E-state index contributed by atoms with van der Waals surface area (Å²) in [5, 5.41) is 0. The van der Waals surface area contributed by atoms with Gasteiger partial charge in [-0.25, -0.2) is 4.79 Å². The Morgan fingerprint density at radius 1 is 0.971 bits per heavy atom. The Bertz CT molecular complexity index is 913. The Hall–Kier alpha value is -2.37. The van der Waals surface area contributed by atoms with Crippen molar-refractivity contribution in [2.75, 3.05) is 39.8 Å². The van der Waals surface area contributed by atoms with Crippen LogP contribution in [0.1, 0.15) is 51.5 Å². The number of carbonyl (C=O) groups excluding carboxylic acids is 1. The number of piperidine rings is 1. The third kappa shape index (κ3) is 5.47. The van der Waals surface area contributed by atoms with Gasteiger partial charge in [0, 0.05) is 31.0 Å². The second kappa shape index (κ2) is 10.9. The molecule has 0 bridgehead atoms. The van der Waals surface area contributed by atoms with E-state index in [0.29, 0.717) is 11.8 Å². The molecular formula is C29H40N2O3.